The molecule has 0 saturated heterocycles. The fraction of sp³-hybridized carbons (Fsp3) is 0.556. The minimum atomic E-state index is 0.492. The molecular formula is C9H17N5. The minimum absolute atomic E-state index is 0.492. The predicted octanol–water partition coefficient (Wildman–Crippen LogP) is 0.422. The van der Waals surface area contributed by atoms with E-state index in [0.29, 0.717) is 5.82 Å². The van der Waals surface area contributed by atoms with Crippen LogP contribution in [0.15, 0.2) is 12.4 Å². The van der Waals surface area contributed by atoms with Crippen molar-refractivity contribution >= 4 is 11.6 Å². The number of hydrogen-bond donors (Lipinski definition) is 2. The molecule has 1 aromatic heterocycles. The molecule has 0 aromatic carbocycles. The van der Waals surface area contributed by atoms with Gasteiger partial charge in [0.15, 0.2) is 0 Å². The Balaban J connectivity index is 2.31. The maximum Gasteiger partial charge on any atom is 0.131 e. The minimum Gasteiger partial charge on any atom is -0.384 e. The SMILES string of the molecule is CCN(C)CCNc1cc(N)ncn1. The highest BCUT2D eigenvalue weighted by Gasteiger charge is 1.96. The second-order valence-electron chi connectivity index (χ2n) is 3.15. The van der Waals surface area contributed by atoms with Crippen LogP contribution in [-0.4, -0.2) is 41.5 Å². The highest BCUT2D eigenvalue weighted by atomic mass is 15.1. The van der Waals surface area contributed by atoms with Gasteiger partial charge in [-0.3, -0.25) is 0 Å². The molecule has 1 aromatic rings. The summed E-state index contributed by atoms with van der Waals surface area (Å²) in [4.78, 5) is 10.1. The maximum atomic E-state index is 5.51. The molecule has 78 valence electrons. The number of nitrogens with one attached hydrogen (secondary N) is 1. The van der Waals surface area contributed by atoms with E-state index < -0.39 is 0 Å². The normalized spacial score (nSPS) is 10.5. The highest BCUT2D eigenvalue weighted by molar-refractivity contribution is 5.43. The Labute approximate surface area is 84.3 Å². The van der Waals surface area contributed by atoms with Gasteiger partial charge < -0.3 is 16.0 Å². The van der Waals surface area contributed by atoms with E-state index in [1.54, 1.807) is 6.07 Å². The quantitative estimate of drug-likeness (QED) is 0.713. The summed E-state index contributed by atoms with van der Waals surface area (Å²) < 4.78 is 0. The van der Waals surface area contributed by atoms with Crippen molar-refractivity contribution in [2.75, 3.05) is 37.7 Å². The summed E-state index contributed by atoms with van der Waals surface area (Å²) in [6, 6.07) is 1.73. The number of nitrogen functional groups attached to an aromatic ring is 1. The number of anilines is 2. The number of rotatable bonds is 5. The fourth-order valence-corrected chi connectivity index (χ4v) is 1.00. The summed E-state index contributed by atoms with van der Waals surface area (Å²) in [5.74, 6) is 1.27. The Bertz CT molecular complexity index is 276. The van der Waals surface area contributed by atoms with E-state index in [2.05, 4.69) is 34.2 Å². The van der Waals surface area contributed by atoms with Gasteiger partial charge in [-0.25, -0.2) is 9.97 Å². The topological polar surface area (TPSA) is 67.1 Å². The monoisotopic (exact) mass is 195 g/mol. The van der Waals surface area contributed by atoms with E-state index in [4.69, 9.17) is 5.73 Å². The number of nitrogens with two attached hydrogens (primary N) is 1. The average molecular weight is 195 g/mol. The number of hydrogen-bond acceptors (Lipinski definition) is 5. The Kier molecular flexibility index (Phi) is 4.12. The molecule has 0 saturated carbocycles. The molecule has 1 rings (SSSR count). The van der Waals surface area contributed by atoms with E-state index in [9.17, 15) is 0 Å². The molecule has 3 N–H and O–H groups in total. The van der Waals surface area contributed by atoms with E-state index in [1.807, 2.05) is 0 Å². The van der Waals surface area contributed by atoms with Crippen LogP contribution < -0.4 is 11.1 Å². The zero-order chi connectivity index (χ0) is 10.4. The lowest BCUT2D eigenvalue weighted by molar-refractivity contribution is 0.367. The molecule has 14 heavy (non-hydrogen) atoms. The third kappa shape index (κ3) is 3.57. The van der Waals surface area contributed by atoms with Gasteiger partial charge in [-0.05, 0) is 13.6 Å². The third-order valence-electron chi connectivity index (χ3n) is 2.03. The molecule has 0 fully saturated rings. The second kappa shape index (κ2) is 5.39. The highest BCUT2D eigenvalue weighted by Crippen LogP contribution is 2.03. The van der Waals surface area contributed by atoms with Gasteiger partial charge in [-0.1, -0.05) is 6.92 Å². The van der Waals surface area contributed by atoms with Gasteiger partial charge in [0.05, 0.1) is 0 Å². The molecule has 5 nitrogen and oxygen atoms in total. The number of nitrogens with zero attached hydrogens (tertiary/aromatic N) is 3. The van der Waals surface area contributed by atoms with Crippen LogP contribution in [0.4, 0.5) is 11.6 Å². The Morgan fingerprint density at radius 2 is 2.29 bits per heavy atom. The Morgan fingerprint density at radius 3 is 2.93 bits per heavy atom. The standard InChI is InChI=1S/C9H17N5/c1-3-14(2)5-4-11-9-6-8(10)12-7-13-9/h6-7H,3-5H2,1-2H3,(H3,10,11,12,13). The summed E-state index contributed by atoms with van der Waals surface area (Å²) in [7, 11) is 2.08. The van der Waals surface area contributed by atoms with Gasteiger partial charge >= 0.3 is 0 Å². The average Bonchev–Trinajstić information content (AvgIpc) is 2.17. The van der Waals surface area contributed by atoms with Crippen LogP contribution in [0.5, 0.6) is 0 Å². The largest absolute Gasteiger partial charge is 0.384 e. The van der Waals surface area contributed by atoms with Crippen LogP contribution in [0.3, 0.4) is 0 Å². The number of aromatic nitrogens is 2. The zero-order valence-corrected chi connectivity index (χ0v) is 8.70. The molecule has 0 spiro atoms. The summed E-state index contributed by atoms with van der Waals surface area (Å²) in [6.45, 7) is 5.03. The van der Waals surface area contributed by atoms with Crippen molar-refractivity contribution in [3.05, 3.63) is 12.4 Å². The van der Waals surface area contributed by atoms with Crippen molar-refractivity contribution in [2.24, 2.45) is 0 Å². The summed E-state index contributed by atoms with van der Waals surface area (Å²) in [6.07, 6.45) is 1.46. The van der Waals surface area contributed by atoms with Crippen molar-refractivity contribution in [2.45, 2.75) is 6.92 Å². The van der Waals surface area contributed by atoms with Crippen molar-refractivity contribution in [3.63, 3.8) is 0 Å². The van der Waals surface area contributed by atoms with Crippen molar-refractivity contribution < 1.29 is 0 Å². The van der Waals surface area contributed by atoms with E-state index in [0.717, 1.165) is 25.5 Å². The van der Waals surface area contributed by atoms with Gasteiger partial charge in [0.25, 0.3) is 0 Å². The molecule has 0 unspecified atom stereocenters. The van der Waals surface area contributed by atoms with Gasteiger partial charge in [0.1, 0.15) is 18.0 Å². The van der Waals surface area contributed by atoms with Crippen molar-refractivity contribution in [3.8, 4) is 0 Å². The van der Waals surface area contributed by atoms with Crippen LogP contribution in [0.1, 0.15) is 6.92 Å². The Hall–Kier alpha value is -1.36. The number of likely N-dealkylation sites (N-methyl/N-ethyl adjacent to an activating group) is 1. The molecular weight excluding hydrogens is 178 g/mol. The molecule has 0 aliphatic heterocycles. The van der Waals surface area contributed by atoms with Crippen LogP contribution in [0.25, 0.3) is 0 Å². The van der Waals surface area contributed by atoms with Gasteiger partial charge in [0, 0.05) is 19.2 Å². The van der Waals surface area contributed by atoms with Crippen molar-refractivity contribution in [1.82, 2.24) is 14.9 Å². The molecule has 0 atom stereocenters. The lowest BCUT2D eigenvalue weighted by Gasteiger charge is -2.14. The smallest absolute Gasteiger partial charge is 0.131 e. The van der Waals surface area contributed by atoms with Gasteiger partial charge in [0.2, 0.25) is 0 Å². The molecule has 0 amide bonds. The Morgan fingerprint density at radius 1 is 1.50 bits per heavy atom. The van der Waals surface area contributed by atoms with Crippen LogP contribution in [0, 0.1) is 0 Å². The van der Waals surface area contributed by atoms with E-state index in [-0.39, 0.29) is 0 Å². The van der Waals surface area contributed by atoms with Gasteiger partial charge in [-0.2, -0.15) is 0 Å². The molecule has 0 aliphatic rings. The second-order valence-corrected chi connectivity index (χ2v) is 3.15. The molecule has 0 aliphatic carbocycles. The fourth-order valence-electron chi connectivity index (χ4n) is 1.00. The lowest BCUT2D eigenvalue weighted by atomic mass is 10.5. The molecule has 1 heterocycles. The summed E-state index contributed by atoms with van der Waals surface area (Å²) >= 11 is 0. The molecule has 0 bridgehead atoms. The van der Waals surface area contributed by atoms with Crippen LogP contribution >= 0.6 is 0 Å². The first-order chi connectivity index (χ1) is 6.72. The summed E-state index contributed by atoms with van der Waals surface area (Å²) in [5.41, 5.74) is 5.51. The van der Waals surface area contributed by atoms with E-state index >= 15 is 0 Å². The molecule has 5 heteroatoms. The zero-order valence-electron chi connectivity index (χ0n) is 8.70. The molecule has 0 radical (unpaired) electrons. The first-order valence-corrected chi connectivity index (χ1v) is 4.72. The predicted molar refractivity (Wildman–Crippen MR) is 58.1 cm³/mol. The first kappa shape index (κ1) is 10.7. The van der Waals surface area contributed by atoms with Crippen LogP contribution in [0.2, 0.25) is 0 Å². The van der Waals surface area contributed by atoms with Crippen LogP contribution in [-0.2, 0) is 0 Å². The van der Waals surface area contributed by atoms with Gasteiger partial charge in [-0.15, -0.1) is 0 Å². The summed E-state index contributed by atoms with van der Waals surface area (Å²) in [5, 5.41) is 3.18. The van der Waals surface area contributed by atoms with Crippen molar-refractivity contribution in [1.29, 1.82) is 0 Å². The third-order valence-corrected chi connectivity index (χ3v) is 2.03. The lowest BCUT2D eigenvalue weighted by Crippen LogP contribution is -2.24. The first-order valence-electron chi connectivity index (χ1n) is 4.72. The maximum absolute atomic E-state index is 5.51. The van der Waals surface area contributed by atoms with E-state index in [1.165, 1.54) is 6.33 Å².